The van der Waals surface area contributed by atoms with Crippen molar-refractivity contribution < 1.29 is 9.59 Å². The number of allylic oxidation sites excluding steroid dienone is 5. The van der Waals surface area contributed by atoms with Crippen molar-refractivity contribution in [1.82, 2.24) is 0 Å². The van der Waals surface area contributed by atoms with Crippen molar-refractivity contribution in [2.75, 3.05) is 0 Å². The number of hydrogen-bond acceptors (Lipinski definition) is 2. The van der Waals surface area contributed by atoms with Crippen LogP contribution in [0.2, 0.25) is 0 Å². The second-order valence-corrected chi connectivity index (χ2v) is 7.31. The number of Topliss-reactive ketones (excluding diaryl/α,β-unsaturated/α-hetero) is 2. The van der Waals surface area contributed by atoms with Gasteiger partial charge in [0, 0.05) is 18.3 Å². The second-order valence-electron chi connectivity index (χ2n) is 7.31. The molecule has 0 aromatic rings. The van der Waals surface area contributed by atoms with E-state index in [2.05, 4.69) is 40.3 Å². The van der Waals surface area contributed by atoms with E-state index in [1.807, 2.05) is 6.92 Å². The van der Waals surface area contributed by atoms with E-state index in [-0.39, 0.29) is 28.8 Å². The van der Waals surface area contributed by atoms with Crippen molar-refractivity contribution in [3.8, 4) is 0 Å². The van der Waals surface area contributed by atoms with Crippen LogP contribution in [0.4, 0.5) is 0 Å². The molecule has 2 heteroatoms. The number of carbonyl (C=O) groups is 2. The van der Waals surface area contributed by atoms with Crippen LogP contribution in [0, 0.1) is 23.2 Å². The van der Waals surface area contributed by atoms with Gasteiger partial charge in [-0.3, -0.25) is 9.59 Å². The zero-order valence-electron chi connectivity index (χ0n) is 13.8. The first kappa shape index (κ1) is 15.9. The maximum absolute atomic E-state index is 12.9. The Hall–Kier alpha value is -1.44. The molecule has 0 N–H and O–H groups in total. The lowest BCUT2D eigenvalue weighted by Crippen LogP contribution is -2.18. The van der Waals surface area contributed by atoms with Gasteiger partial charge in [-0.15, -0.1) is 6.58 Å². The minimum atomic E-state index is -0.202. The lowest BCUT2D eigenvalue weighted by Gasteiger charge is -2.11. The molecule has 0 aliphatic heterocycles. The Morgan fingerprint density at radius 1 is 1.38 bits per heavy atom. The monoisotopic (exact) mass is 286 g/mol. The van der Waals surface area contributed by atoms with Crippen molar-refractivity contribution >= 4 is 11.6 Å². The lowest BCUT2D eigenvalue weighted by molar-refractivity contribution is -0.126. The van der Waals surface area contributed by atoms with Crippen LogP contribution in [0.5, 0.6) is 0 Å². The van der Waals surface area contributed by atoms with E-state index in [9.17, 15) is 9.59 Å². The number of hydrogen-bond donors (Lipinski definition) is 0. The molecule has 1 fully saturated rings. The third kappa shape index (κ3) is 2.68. The Labute approximate surface area is 128 Å². The molecular weight excluding hydrogens is 260 g/mol. The van der Waals surface area contributed by atoms with E-state index >= 15 is 0 Å². The molecule has 2 rings (SSSR count). The summed E-state index contributed by atoms with van der Waals surface area (Å²) in [4.78, 5) is 25.0. The van der Waals surface area contributed by atoms with Gasteiger partial charge >= 0.3 is 0 Å². The normalized spacial score (nSPS) is 30.3. The molecule has 0 bridgehead atoms. The summed E-state index contributed by atoms with van der Waals surface area (Å²) in [5, 5.41) is 0. The van der Waals surface area contributed by atoms with E-state index in [0.717, 1.165) is 11.1 Å². The van der Waals surface area contributed by atoms with Gasteiger partial charge in [0.25, 0.3) is 0 Å². The topological polar surface area (TPSA) is 34.1 Å². The Bertz CT molecular complexity index is 556. The molecule has 2 aliphatic rings. The summed E-state index contributed by atoms with van der Waals surface area (Å²) in [5.74, 6) is 0.562. The molecule has 2 aliphatic carbocycles. The summed E-state index contributed by atoms with van der Waals surface area (Å²) < 4.78 is 0. The van der Waals surface area contributed by atoms with E-state index in [0.29, 0.717) is 18.8 Å². The number of carbonyl (C=O) groups excluding carboxylic acids is 2. The molecule has 0 aromatic heterocycles. The quantitative estimate of drug-likeness (QED) is 0.707. The fraction of sp³-hybridized carbons (Fsp3) is 0.579. The summed E-state index contributed by atoms with van der Waals surface area (Å²) >= 11 is 0. The van der Waals surface area contributed by atoms with E-state index < -0.39 is 0 Å². The minimum Gasteiger partial charge on any atom is -0.299 e. The molecule has 0 radical (unpaired) electrons. The van der Waals surface area contributed by atoms with E-state index in [1.165, 1.54) is 5.57 Å². The van der Waals surface area contributed by atoms with Gasteiger partial charge < -0.3 is 0 Å². The predicted molar refractivity (Wildman–Crippen MR) is 85.8 cm³/mol. The van der Waals surface area contributed by atoms with E-state index in [4.69, 9.17) is 0 Å². The number of ketones is 2. The number of rotatable bonds is 5. The van der Waals surface area contributed by atoms with Gasteiger partial charge in [-0.1, -0.05) is 37.1 Å². The molecule has 0 saturated heterocycles. The van der Waals surface area contributed by atoms with Gasteiger partial charge in [-0.05, 0) is 44.1 Å². The first-order chi connectivity index (χ1) is 9.71. The van der Waals surface area contributed by atoms with Gasteiger partial charge in [-0.25, -0.2) is 0 Å². The summed E-state index contributed by atoms with van der Waals surface area (Å²) in [6, 6.07) is 0. The van der Waals surface area contributed by atoms with Crippen molar-refractivity contribution in [2.24, 2.45) is 23.2 Å². The molecule has 114 valence electrons. The molecule has 2 nitrogen and oxygen atoms in total. The zero-order chi connectivity index (χ0) is 15.9. The van der Waals surface area contributed by atoms with Crippen LogP contribution in [-0.4, -0.2) is 11.6 Å². The van der Waals surface area contributed by atoms with Gasteiger partial charge in [0.15, 0.2) is 5.78 Å². The Balaban J connectivity index is 2.21. The molecule has 0 heterocycles. The molecule has 21 heavy (non-hydrogen) atoms. The second kappa shape index (κ2) is 5.40. The molecule has 0 aromatic carbocycles. The van der Waals surface area contributed by atoms with E-state index in [1.54, 1.807) is 6.08 Å². The minimum absolute atomic E-state index is 0.0267. The van der Waals surface area contributed by atoms with Gasteiger partial charge in [0.2, 0.25) is 0 Å². The highest BCUT2D eigenvalue weighted by molar-refractivity contribution is 6.05. The summed E-state index contributed by atoms with van der Waals surface area (Å²) in [6.45, 7) is 14.1. The van der Waals surface area contributed by atoms with Crippen molar-refractivity contribution in [3.05, 3.63) is 35.5 Å². The maximum atomic E-state index is 12.9. The summed E-state index contributed by atoms with van der Waals surface area (Å²) in [5.41, 5.74) is 3.06. The van der Waals surface area contributed by atoms with Crippen LogP contribution in [0.1, 0.15) is 47.5 Å². The van der Waals surface area contributed by atoms with Crippen molar-refractivity contribution in [2.45, 2.75) is 47.5 Å². The standard InChI is InChI=1S/C19H26O2/c1-7-8-13-12(4)14(10-16(13)20)18(21)17-15(9-11(2)3)19(17,5)6/h7,9,14-15,17H,1,8,10H2,2-6H3. The van der Waals surface area contributed by atoms with Crippen molar-refractivity contribution in [3.63, 3.8) is 0 Å². The average molecular weight is 286 g/mol. The van der Waals surface area contributed by atoms with Crippen LogP contribution in [0.3, 0.4) is 0 Å². The Kier molecular flexibility index (Phi) is 4.10. The maximum Gasteiger partial charge on any atom is 0.160 e. The fourth-order valence-corrected chi connectivity index (χ4v) is 3.73. The van der Waals surface area contributed by atoms with Crippen LogP contribution in [-0.2, 0) is 9.59 Å². The molecule has 3 unspecified atom stereocenters. The molecule has 0 amide bonds. The smallest absolute Gasteiger partial charge is 0.160 e. The Morgan fingerprint density at radius 3 is 2.52 bits per heavy atom. The SMILES string of the molecule is C=CCC1=C(C)C(C(=O)C2C(C=C(C)C)C2(C)C)CC1=O. The third-order valence-corrected chi connectivity index (χ3v) is 5.15. The highest BCUT2D eigenvalue weighted by Crippen LogP contribution is 2.61. The first-order valence-electron chi connectivity index (χ1n) is 7.74. The molecule has 3 atom stereocenters. The zero-order valence-corrected chi connectivity index (χ0v) is 13.8. The van der Waals surface area contributed by atoms with Gasteiger partial charge in [0.05, 0.1) is 0 Å². The fourth-order valence-electron chi connectivity index (χ4n) is 3.73. The van der Waals surface area contributed by atoms with Gasteiger partial charge in [-0.2, -0.15) is 0 Å². The highest BCUT2D eigenvalue weighted by Gasteiger charge is 2.61. The van der Waals surface area contributed by atoms with Crippen LogP contribution < -0.4 is 0 Å². The van der Waals surface area contributed by atoms with Crippen molar-refractivity contribution in [1.29, 1.82) is 0 Å². The third-order valence-electron chi connectivity index (χ3n) is 5.15. The molecule has 0 spiro atoms. The van der Waals surface area contributed by atoms with Crippen LogP contribution in [0.15, 0.2) is 35.5 Å². The van der Waals surface area contributed by atoms with Crippen LogP contribution in [0.25, 0.3) is 0 Å². The van der Waals surface area contributed by atoms with Gasteiger partial charge in [0.1, 0.15) is 5.78 Å². The van der Waals surface area contributed by atoms with Crippen LogP contribution >= 0.6 is 0 Å². The molecule has 1 saturated carbocycles. The summed E-state index contributed by atoms with van der Waals surface area (Å²) in [6.07, 6.45) is 4.90. The predicted octanol–water partition coefficient (Wildman–Crippen LogP) is 4.28. The molecular formula is C19H26O2. The first-order valence-corrected chi connectivity index (χ1v) is 7.74. The summed E-state index contributed by atoms with van der Waals surface area (Å²) in [7, 11) is 0. The average Bonchev–Trinajstić information content (AvgIpc) is 2.78. The highest BCUT2D eigenvalue weighted by atomic mass is 16.1. The lowest BCUT2D eigenvalue weighted by atomic mass is 9.91. The largest absolute Gasteiger partial charge is 0.299 e. The Morgan fingerprint density at radius 2 is 2.00 bits per heavy atom.